The molecule has 19 heavy (non-hydrogen) atoms. The van der Waals surface area contributed by atoms with Crippen LogP contribution >= 0.6 is 11.6 Å². The van der Waals surface area contributed by atoms with Gasteiger partial charge in [0.15, 0.2) is 5.84 Å². The van der Waals surface area contributed by atoms with Crippen LogP contribution in [0.2, 0.25) is 0 Å². The molecule has 0 saturated carbocycles. The predicted octanol–water partition coefficient (Wildman–Crippen LogP) is 3.56. The summed E-state index contributed by atoms with van der Waals surface area (Å²) in [6.07, 6.45) is 2.07. The van der Waals surface area contributed by atoms with Crippen LogP contribution in [0.4, 0.5) is 0 Å². The van der Waals surface area contributed by atoms with Crippen molar-refractivity contribution in [1.82, 2.24) is 5.32 Å². The van der Waals surface area contributed by atoms with E-state index in [1.165, 1.54) is 0 Å². The van der Waals surface area contributed by atoms with Crippen molar-refractivity contribution in [3.8, 4) is 0 Å². The lowest BCUT2D eigenvalue weighted by Crippen LogP contribution is -2.33. The Morgan fingerprint density at radius 2 is 1.84 bits per heavy atom. The molecule has 0 bridgehead atoms. The standard InChI is InChI=1S/C13H12ClN3.C2H6/c1-8-7-10-11(14)16-12(17-13(10)15-8)9-5-3-2-4-6-9;1-2/h2-7,10,13,15H,1H3;1-2H3. The third-order valence-corrected chi connectivity index (χ3v) is 3.26. The molecule has 0 aromatic heterocycles. The van der Waals surface area contributed by atoms with E-state index in [2.05, 4.69) is 21.4 Å². The van der Waals surface area contributed by atoms with E-state index in [0.29, 0.717) is 11.0 Å². The molecule has 4 heteroatoms. The van der Waals surface area contributed by atoms with Gasteiger partial charge in [-0.25, -0.2) is 9.98 Å². The number of hydrogen-bond acceptors (Lipinski definition) is 3. The number of rotatable bonds is 1. The van der Waals surface area contributed by atoms with Gasteiger partial charge < -0.3 is 5.32 Å². The summed E-state index contributed by atoms with van der Waals surface area (Å²) in [5.74, 6) is 0.788. The first kappa shape index (κ1) is 13.8. The second kappa shape index (κ2) is 6.02. The maximum atomic E-state index is 6.21. The molecule has 1 aromatic carbocycles. The highest BCUT2D eigenvalue weighted by molar-refractivity contribution is 6.67. The Morgan fingerprint density at radius 1 is 1.16 bits per heavy atom. The predicted molar refractivity (Wildman–Crippen MR) is 81.8 cm³/mol. The van der Waals surface area contributed by atoms with E-state index in [-0.39, 0.29) is 12.1 Å². The van der Waals surface area contributed by atoms with Gasteiger partial charge in [-0.3, -0.25) is 0 Å². The van der Waals surface area contributed by atoms with E-state index in [0.717, 1.165) is 11.3 Å². The third kappa shape index (κ3) is 2.87. The second-order valence-electron chi connectivity index (χ2n) is 4.22. The zero-order valence-electron chi connectivity index (χ0n) is 11.4. The van der Waals surface area contributed by atoms with Crippen LogP contribution < -0.4 is 5.32 Å². The van der Waals surface area contributed by atoms with Gasteiger partial charge in [0.2, 0.25) is 0 Å². The van der Waals surface area contributed by atoms with E-state index >= 15 is 0 Å². The fourth-order valence-corrected chi connectivity index (χ4v) is 2.37. The van der Waals surface area contributed by atoms with Gasteiger partial charge in [0, 0.05) is 11.3 Å². The number of benzene rings is 1. The van der Waals surface area contributed by atoms with Crippen molar-refractivity contribution in [2.45, 2.75) is 26.9 Å². The zero-order valence-corrected chi connectivity index (χ0v) is 12.1. The average Bonchev–Trinajstić information content (AvgIpc) is 2.83. The van der Waals surface area contributed by atoms with Gasteiger partial charge in [-0.1, -0.05) is 61.9 Å². The third-order valence-electron chi connectivity index (χ3n) is 2.93. The van der Waals surface area contributed by atoms with Crippen LogP contribution in [0.1, 0.15) is 26.3 Å². The summed E-state index contributed by atoms with van der Waals surface area (Å²) in [6.45, 7) is 6.01. The normalized spacial score (nSPS) is 24.1. The highest BCUT2D eigenvalue weighted by Crippen LogP contribution is 2.26. The van der Waals surface area contributed by atoms with Crippen molar-refractivity contribution in [2.75, 3.05) is 0 Å². The summed E-state index contributed by atoms with van der Waals surface area (Å²) >= 11 is 6.21. The Hall–Kier alpha value is -1.61. The number of hydrogen-bond donors (Lipinski definition) is 1. The van der Waals surface area contributed by atoms with Crippen LogP contribution in [-0.4, -0.2) is 17.2 Å². The number of amidine groups is 1. The Balaban J connectivity index is 0.000000637. The Labute approximate surface area is 119 Å². The van der Waals surface area contributed by atoms with Crippen molar-refractivity contribution in [3.05, 3.63) is 47.7 Å². The van der Waals surface area contributed by atoms with Gasteiger partial charge >= 0.3 is 0 Å². The summed E-state index contributed by atoms with van der Waals surface area (Å²) < 4.78 is 0. The fourth-order valence-electron chi connectivity index (χ4n) is 2.11. The van der Waals surface area contributed by atoms with Gasteiger partial charge in [-0.15, -0.1) is 0 Å². The molecule has 3 nitrogen and oxygen atoms in total. The second-order valence-corrected chi connectivity index (χ2v) is 4.61. The highest BCUT2D eigenvalue weighted by atomic mass is 35.5. The molecule has 0 amide bonds. The summed E-state index contributed by atoms with van der Waals surface area (Å²) in [5, 5.41) is 3.90. The van der Waals surface area contributed by atoms with Crippen molar-refractivity contribution < 1.29 is 0 Å². The lowest BCUT2D eigenvalue weighted by Gasteiger charge is -2.20. The van der Waals surface area contributed by atoms with Crippen LogP contribution in [0, 0.1) is 5.92 Å². The molecule has 2 atom stereocenters. The lowest BCUT2D eigenvalue weighted by atomic mass is 10.1. The van der Waals surface area contributed by atoms with E-state index in [9.17, 15) is 0 Å². The van der Waals surface area contributed by atoms with Gasteiger partial charge in [-0.2, -0.15) is 0 Å². The van der Waals surface area contributed by atoms with E-state index in [4.69, 9.17) is 11.6 Å². The molecule has 2 heterocycles. The van der Waals surface area contributed by atoms with Crippen molar-refractivity contribution in [2.24, 2.45) is 15.9 Å². The molecule has 100 valence electrons. The van der Waals surface area contributed by atoms with Crippen LogP contribution in [0.25, 0.3) is 0 Å². The number of aliphatic imine (C=N–C) groups is 2. The van der Waals surface area contributed by atoms with Crippen molar-refractivity contribution in [3.63, 3.8) is 0 Å². The average molecular weight is 276 g/mol. The van der Waals surface area contributed by atoms with Crippen LogP contribution in [0.3, 0.4) is 0 Å². The molecular weight excluding hydrogens is 258 g/mol. The number of fused-ring (bicyclic) bond motifs is 1. The summed E-state index contributed by atoms with van der Waals surface area (Å²) in [4.78, 5) is 8.97. The Kier molecular flexibility index (Phi) is 4.38. The largest absolute Gasteiger partial charge is 0.367 e. The van der Waals surface area contributed by atoms with Gasteiger partial charge in [-0.05, 0) is 6.92 Å². The topological polar surface area (TPSA) is 36.8 Å². The summed E-state index contributed by atoms with van der Waals surface area (Å²) in [5.41, 5.74) is 2.10. The number of nitrogens with one attached hydrogen (secondary N) is 1. The van der Waals surface area contributed by atoms with Gasteiger partial charge in [0.1, 0.15) is 11.3 Å². The molecule has 0 spiro atoms. The molecular formula is C15H18ClN3. The molecule has 0 fully saturated rings. The van der Waals surface area contributed by atoms with Crippen LogP contribution in [0.5, 0.6) is 0 Å². The quantitative estimate of drug-likeness (QED) is 0.836. The molecule has 2 unspecified atom stereocenters. The number of allylic oxidation sites excluding steroid dienone is 1. The zero-order chi connectivity index (χ0) is 13.8. The molecule has 1 N–H and O–H groups in total. The minimum absolute atomic E-state index is 0.00444. The van der Waals surface area contributed by atoms with Gasteiger partial charge in [0.25, 0.3) is 0 Å². The number of nitrogens with zero attached hydrogens (tertiary/aromatic N) is 2. The van der Waals surface area contributed by atoms with Gasteiger partial charge in [0.05, 0.1) is 5.92 Å². The van der Waals surface area contributed by atoms with E-state index in [1.807, 2.05) is 51.1 Å². The lowest BCUT2D eigenvalue weighted by molar-refractivity contribution is 0.582. The maximum absolute atomic E-state index is 6.21. The van der Waals surface area contributed by atoms with E-state index < -0.39 is 0 Å². The molecule has 2 aliphatic heterocycles. The smallest absolute Gasteiger partial charge is 0.158 e. The molecule has 0 radical (unpaired) electrons. The molecule has 0 aliphatic carbocycles. The Bertz CT molecular complexity index is 532. The minimum Gasteiger partial charge on any atom is -0.367 e. The number of halogens is 1. The van der Waals surface area contributed by atoms with Crippen molar-refractivity contribution >= 4 is 22.6 Å². The Morgan fingerprint density at radius 3 is 2.53 bits per heavy atom. The first-order chi connectivity index (χ1) is 9.24. The molecule has 1 aromatic rings. The SMILES string of the molecule is CC.CC1=CC2C(Cl)=NC(c3ccccc3)=NC2N1. The maximum Gasteiger partial charge on any atom is 0.158 e. The first-order valence-corrected chi connectivity index (χ1v) is 6.94. The van der Waals surface area contributed by atoms with E-state index in [1.54, 1.807) is 0 Å². The highest BCUT2D eigenvalue weighted by Gasteiger charge is 2.32. The van der Waals surface area contributed by atoms with Crippen LogP contribution in [0.15, 0.2) is 52.1 Å². The summed E-state index contributed by atoms with van der Waals surface area (Å²) in [7, 11) is 0. The molecule has 2 aliphatic rings. The van der Waals surface area contributed by atoms with Crippen molar-refractivity contribution in [1.29, 1.82) is 0 Å². The molecule has 3 rings (SSSR count). The van der Waals surface area contributed by atoms with Crippen LogP contribution in [-0.2, 0) is 0 Å². The first-order valence-electron chi connectivity index (χ1n) is 6.56. The molecule has 0 saturated heterocycles. The fraction of sp³-hybridized carbons (Fsp3) is 0.333. The summed E-state index contributed by atoms with van der Waals surface area (Å²) in [6, 6.07) is 9.89. The monoisotopic (exact) mass is 275 g/mol. The minimum atomic E-state index is -0.00444.